The first-order valence-corrected chi connectivity index (χ1v) is 14.5. The van der Waals surface area contributed by atoms with Crippen LogP contribution >= 0.6 is 0 Å². The molecule has 0 amide bonds. The van der Waals surface area contributed by atoms with Crippen molar-refractivity contribution in [3.05, 3.63) is 60.7 Å². The van der Waals surface area contributed by atoms with Crippen LogP contribution in [0.15, 0.2) is 60.7 Å². The second-order valence-corrected chi connectivity index (χ2v) is 10.3. The number of aromatic nitrogens is 4. The number of anilines is 2. The van der Waals surface area contributed by atoms with Crippen LogP contribution in [0.3, 0.4) is 0 Å². The highest BCUT2D eigenvalue weighted by atomic mass is 16.3. The molecule has 3 aromatic carbocycles. The first-order chi connectivity index (χ1) is 19.7. The number of fused-ring (bicyclic) bond motifs is 2. The van der Waals surface area contributed by atoms with Crippen LogP contribution in [0, 0.1) is 0 Å². The minimum Gasteiger partial charge on any atom is -0.396 e. The molecule has 0 aliphatic rings. The summed E-state index contributed by atoms with van der Waals surface area (Å²) in [5.41, 5.74) is 8.13. The van der Waals surface area contributed by atoms with E-state index in [0.717, 1.165) is 121 Å². The van der Waals surface area contributed by atoms with E-state index >= 15 is 0 Å². The van der Waals surface area contributed by atoms with Gasteiger partial charge in [-0.05, 0) is 62.1 Å². The van der Waals surface area contributed by atoms with Crippen LogP contribution in [-0.2, 0) is 0 Å². The lowest BCUT2D eigenvalue weighted by molar-refractivity contribution is 0.282. The average molecular weight is 541 g/mol. The number of benzene rings is 3. The van der Waals surface area contributed by atoms with E-state index in [-0.39, 0.29) is 13.2 Å². The summed E-state index contributed by atoms with van der Waals surface area (Å²) in [4.78, 5) is 16.5. The second-order valence-electron chi connectivity index (χ2n) is 10.3. The maximum absolute atomic E-state index is 8.90. The number of rotatable bonds is 16. The largest absolute Gasteiger partial charge is 0.396 e. The standard InChI is InChI=1S/C32H40N6O2/c39-19-7-3-1-5-17-33-25-13-15-27-29(21-25)37-31(35-27)23-9-11-24(12-10-23)32-36-28-16-14-26(22-30(28)38-32)34-18-6-2-4-8-20-40/h9-16,21-22,33-34,39-40H,1-8,17-20H2,(H,35,37)(H,36,38). The number of aromatic amines is 2. The SMILES string of the molecule is OCCCCCCNc1ccc2nc(-c3ccc(-c4nc5ccc(NCCCCCCO)cc5[nH]4)cc3)[nH]c2c1. The second kappa shape index (κ2) is 14.0. The zero-order chi connectivity index (χ0) is 27.6. The Balaban J connectivity index is 1.20. The molecule has 5 rings (SSSR count). The molecule has 0 fully saturated rings. The Hall–Kier alpha value is -3.88. The smallest absolute Gasteiger partial charge is 0.138 e. The first kappa shape index (κ1) is 27.7. The summed E-state index contributed by atoms with van der Waals surface area (Å²) < 4.78 is 0. The predicted octanol–water partition coefficient (Wildman–Crippen LogP) is 6.70. The van der Waals surface area contributed by atoms with Crippen molar-refractivity contribution in [3.63, 3.8) is 0 Å². The summed E-state index contributed by atoms with van der Waals surface area (Å²) in [7, 11) is 0. The van der Waals surface area contributed by atoms with Gasteiger partial charge in [-0.3, -0.25) is 0 Å². The third-order valence-electron chi connectivity index (χ3n) is 7.22. The van der Waals surface area contributed by atoms with Crippen LogP contribution in [0.5, 0.6) is 0 Å². The van der Waals surface area contributed by atoms with Crippen molar-refractivity contribution in [1.82, 2.24) is 19.9 Å². The molecule has 0 radical (unpaired) electrons. The van der Waals surface area contributed by atoms with Crippen molar-refractivity contribution in [2.75, 3.05) is 36.9 Å². The molecule has 40 heavy (non-hydrogen) atoms. The zero-order valence-electron chi connectivity index (χ0n) is 23.0. The molecular formula is C32H40N6O2. The fourth-order valence-corrected chi connectivity index (χ4v) is 4.94. The van der Waals surface area contributed by atoms with E-state index in [1.54, 1.807) is 0 Å². The fourth-order valence-electron chi connectivity index (χ4n) is 4.94. The third kappa shape index (κ3) is 7.20. The molecule has 0 spiro atoms. The van der Waals surface area contributed by atoms with Crippen LogP contribution in [0.4, 0.5) is 11.4 Å². The Bertz CT molecular complexity index is 1380. The van der Waals surface area contributed by atoms with Crippen LogP contribution in [0.2, 0.25) is 0 Å². The van der Waals surface area contributed by atoms with Gasteiger partial charge in [0.2, 0.25) is 0 Å². The molecule has 2 heterocycles. The number of H-pyrrole nitrogens is 2. The fraction of sp³-hybridized carbons (Fsp3) is 0.375. The highest BCUT2D eigenvalue weighted by Gasteiger charge is 2.10. The quantitative estimate of drug-likeness (QED) is 0.0774. The molecule has 210 valence electrons. The Morgan fingerprint density at radius 2 is 0.950 bits per heavy atom. The molecule has 0 aliphatic carbocycles. The normalized spacial score (nSPS) is 11.4. The van der Waals surface area contributed by atoms with Gasteiger partial charge in [0.1, 0.15) is 11.6 Å². The summed E-state index contributed by atoms with van der Waals surface area (Å²) in [6.45, 7) is 2.40. The predicted molar refractivity (Wildman–Crippen MR) is 165 cm³/mol. The average Bonchev–Trinajstić information content (AvgIpc) is 3.61. The van der Waals surface area contributed by atoms with Crippen LogP contribution in [0.1, 0.15) is 51.4 Å². The number of hydrogen-bond donors (Lipinski definition) is 6. The maximum atomic E-state index is 8.90. The summed E-state index contributed by atoms with van der Waals surface area (Å²) in [6.07, 6.45) is 8.34. The van der Waals surface area contributed by atoms with Crippen molar-refractivity contribution in [1.29, 1.82) is 0 Å². The number of imidazole rings is 2. The van der Waals surface area contributed by atoms with Gasteiger partial charge in [-0.15, -0.1) is 0 Å². The molecule has 0 saturated carbocycles. The van der Waals surface area contributed by atoms with Crippen LogP contribution < -0.4 is 10.6 Å². The van der Waals surface area contributed by atoms with E-state index < -0.39 is 0 Å². The number of unbranched alkanes of at least 4 members (excludes halogenated alkanes) is 6. The van der Waals surface area contributed by atoms with Crippen LogP contribution in [-0.4, -0.2) is 56.5 Å². The van der Waals surface area contributed by atoms with E-state index in [9.17, 15) is 0 Å². The van der Waals surface area contributed by atoms with Gasteiger partial charge in [-0.2, -0.15) is 0 Å². The molecule has 0 unspecified atom stereocenters. The van der Waals surface area contributed by atoms with E-state index in [0.29, 0.717) is 0 Å². The third-order valence-corrected chi connectivity index (χ3v) is 7.22. The first-order valence-electron chi connectivity index (χ1n) is 14.5. The highest BCUT2D eigenvalue weighted by Crippen LogP contribution is 2.27. The van der Waals surface area contributed by atoms with Crippen molar-refractivity contribution >= 4 is 33.4 Å². The molecule has 0 aliphatic heterocycles. The minimum atomic E-state index is 0.280. The van der Waals surface area contributed by atoms with E-state index in [1.165, 1.54) is 0 Å². The molecule has 6 N–H and O–H groups in total. The van der Waals surface area contributed by atoms with Crippen molar-refractivity contribution in [3.8, 4) is 22.8 Å². The Labute approximate surface area is 235 Å². The molecule has 5 aromatic rings. The lowest BCUT2D eigenvalue weighted by Gasteiger charge is -2.06. The molecule has 0 saturated heterocycles. The summed E-state index contributed by atoms with van der Waals surface area (Å²) in [5, 5.41) is 24.8. The molecule has 8 heteroatoms. The van der Waals surface area contributed by atoms with Gasteiger partial charge in [0, 0.05) is 48.8 Å². The van der Waals surface area contributed by atoms with Crippen molar-refractivity contribution in [2.45, 2.75) is 51.4 Å². The molecular weight excluding hydrogens is 500 g/mol. The Morgan fingerprint density at radius 1 is 0.525 bits per heavy atom. The number of aliphatic hydroxyl groups is 2. The van der Waals surface area contributed by atoms with E-state index in [4.69, 9.17) is 20.2 Å². The molecule has 0 bridgehead atoms. The monoisotopic (exact) mass is 540 g/mol. The van der Waals surface area contributed by atoms with Crippen molar-refractivity contribution in [2.24, 2.45) is 0 Å². The molecule has 2 aromatic heterocycles. The van der Waals surface area contributed by atoms with Crippen molar-refractivity contribution < 1.29 is 10.2 Å². The van der Waals surface area contributed by atoms with Crippen LogP contribution in [0.25, 0.3) is 44.8 Å². The molecule has 8 nitrogen and oxygen atoms in total. The molecule has 0 atom stereocenters. The van der Waals surface area contributed by atoms with Gasteiger partial charge in [-0.25, -0.2) is 9.97 Å². The summed E-state index contributed by atoms with van der Waals surface area (Å²) in [5.74, 6) is 1.69. The summed E-state index contributed by atoms with van der Waals surface area (Å²) >= 11 is 0. The highest BCUT2D eigenvalue weighted by molar-refractivity contribution is 5.84. The van der Waals surface area contributed by atoms with Gasteiger partial charge in [0.15, 0.2) is 0 Å². The lowest BCUT2D eigenvalue weighted by Crippen LogP contribution is -2.01. The van der Waals surface area contributed by atoms with Gasteiger partial charge < -0.3 is 30.8 Å². The number of nitrogens with one attached hydrogen (secondary N) is 4. The Morgan fingerprint density at radius 3 is 1.38 bits per heavy atom. The van der Waals surface area contributed by atoms with E-state index in [2.05, 4.69) is 69.1 Å². The van der Waals surface area contributed by atoms with Gasteiger partial charge in [-0.1, -0.05) is 49.9 Å². The van der Waals surface area contributed by atoms with E-state index in [1.807, 2.05) is 12.1 Å². The number of hydrogen-bond acceptors (Lipinski definition) is 6. The van der Waals surface area contributed by atoms with Gasteiger partial charge in [0.25, 0.3) is 0 Å². The minimum absolute atomic E-state index is 0.280. The topological polar surface area (TPSA) is 122 Å². The van der Waals surface area contributed by atoms with Gasteiger partial charge in [0.05, 0.1) is 22.1 Å². The maximum Gasteiger partial charge on any atom is 0.138 e. The lowest BCUT2D eigenvalue weighted by atomic mass is 10.1. The zero-order valence-corrected chi connectivity index (χ0v) is 23.0. The number of nitrogens with zero attached hydrogens (tertiary/aromatic N) is 2. The Kier molecular flexibility index (Phi) is 9.66. The van der Waals surface area contributed by atoms with Gasteiger partial charge >= 0.3 is 0 Å². The summed E-state index contributed by atoms with van der Waals surface area (Å²) in [6, 6.07) is 20.8. The number of aliphatic hydroxyl groups excluding tert-OH is 2.